The Balaban J connectivity index is 0.000000606. The molecule has 0 saturated carbocycles. The summed E-state index contributed by atoms with van der Waals surface area (Å²) < 4.78 is 0. The maximum atomic E-state index is 3.20. The van der Waals surface area contributed by atoms with E-state index in [-0.39, 0.29) is 0 Å². The van der Waals surface area contributed by atoms with E-state index in [1.807, 2.05) is 20.9 Å². The van der Waals surface area contributed by atoms with Crippen molar-refractivity contribution in [1.82, 2.24) is 10.2 Å². The minimum absolute atomic E-state index is 0.636. The molecule has 0 aromatic heterocycles. The zero-order valence-corrected chi connectivity index (χ0v) is 11.0. The molecular weight excluding hydrogens is 196 g/mol. The normalized spacial score (nSPS) is 20.1. The molecule has 2 nitrogen and oxygen atoms in total. The van der Waals surface area contributed by atoms with Crippen LogP contribution in [0.25, 0.3) is 0 Å². The molecule has 2 heteroatoms. The van der Waals surface area contributed by atoms with Crippen molar-refractivity contribution in [2.45, 2.75) is 20.8 Å². The summed E-state index contributed by atoms with van der Waals surface area (Å²) in [6.07, 6.45) is 8.95. The molecule has 0 amide bonds. The van der Waals surface area contributed by atoms with Gasteiger partial charge >= 0.3 is 0 Å². The van der Waals surface area contributed by atoms with Crippen LogP contribution in [0.1, 0.15) is 20.8 Å². The first kappa shape index (κ1) is 13.0. The Kier molecular flexibility index (Phi) is 5.33. The van der Waals surface area contributed by atoms with Crippen molar-refractivity contribution >= 4 is 0 Å². The van der Waals surface area contributed by atoms with Gasteiger partial charge < -0.3 is 10.2 Å². The molecule has 1 atom stereocenters. The Morgan fingerprint density at radius 2 is 2.12 bits per heavy atom. The van der Waals surface area contributed by atoms with Gasteiger partial charge in [0.1, 0.15) is 0 Å². The molecule has 0 saturated heterocycles. The molecule has 0 aromatic rings. The highest BCUT2D eigenvalue weighted by atomic mass is 15.1. The monoisotopic (exact) mass is 220 g/mol. The van der Waals surface area contributed by atoms with Gasteiger partial charge in [0.2, 0.25) is 0 Å². The van der Waals surface area contributed by atoms with E-state index >= 15 is 0 Å². The highest BCUT2D eigenvalue weighted by Crippen LogP contribution is 2.40. The van der Waals surface area contributed by atoms with Crippen LogP contribution < -0.4 is 5.32 Å². The van der Waals surface area contributed by atoms with E-state index < -0.39 is 0 Å². The zero-order chi connectivity index (χ0) is 12.0. The van der Waals surface area contributed by atoms with Crippen molar-refractivity contribution < 1.29 is 0 Å². The van der Waals surface area contributed by atoms with Crippen LogP contribution in [-0.2, 0) is 0 Å². The quantitative estimate of drug-likeness (QED) is 0.766. The molecule has 0 heterocycles. The highest BCUT2D eigenvalue weighted by molar-refractivity contribution is 5.51. The second-order valence-electron chi connectivity index (χ2n) is 3.78. The molecule has 0 aliphatic heterocycles. The van der Waals surface area contributed by atoms with Crippen molar-refractivity contribution in [3.8, 4) is 0 Å². The predicted molar refractivity (Wildman–Crippen MR) is 71.3 cm³/mol. The van der Waals surface area contributed by atoms with Gasteiger partial charge in [-0.3, -0.25) is 0 Å². The van der Waals surface area contributed by atoms with E-state index in [0.717, 1.165) is 19.6 Å². The summed E-state index contributed by atoms with van der Waals surface area (Å²) in [5.41, 5.74) is 2.96. The van der Waals surface area contributed by atoms with E-state index in [1.54, 1.807) is 0 Å². The first-order valence-corrected chi connectivity index (χ1v) is 6.36. The lowest BCUT2D eigenvalue weighted by Gasteiger charge is -2.27. The molecule has 1 unspecified atom stereocenters. The first-order valence-electron chi connectivity index (χ1n) is 6.36. The van der Waals surface area contributed by atoms with Crippen molar-refractivity contribution in [1.29, 1.82) is 0 Å². The van der Waals surface area contributed by atoms with Crippen LogP contribution in [0.4, 0.5) is 0 Å². The molecule has 1 N–H and O–H groups in total. The number of likely N-dealkylation sites (N-methyl/N-ethyl adjacent to an activating group) is 2. The minimum atomic E-state index is 0.636. The molecule has 16 heavy (non-hydrogen) atoms. The van der Waals surface area contributed by atoms with Crippen LogP contribution in [0.5, 0.6) is 0 Å². The lowest BCUT2D eigenvalue weighted by atomic mass is 10.1. The molecule has 90 valence electrons. The molecule has 2 rings (SSSR count). The third kappa shape index (κ3) is 2.99. The second-order valence-corrected chi connectivity index (χ2v) is 3.78. The third-order valence-corrected chi connectivity index (χ3v) is 2.86. The molecule has 0 spiro atoms. The van der Waals surface area contributed by atoms with Gasteiger partial charge in [0.05, 0.1) is 0 Å². The summed E-state index contributed by atoms with van der Waals surface area (Å²) in [4.78, 5) is 2.45. The van der Waals surface area contributed by atoms with E-state index in [0.29, 0.717) is 5.92 Å². The van der Waals surface area contributed by atoms with Crippen LogP contribution in [0.3, 0.4) is 0 Å². The van der Waals surface area contributed by atoms with Gasteiger partial charge in [-0.2, -0.15) is 0 Å². The lowest BCUT2D eigenvalue weighted by Crippen LogP contribution is -2.31. The van der Waals surface area contributed by atoms with Crippen LogP contribution >= 0.6 is 0 Å². The van der Waals surface area contributed by atoms with Gasteiger partial charge in [-0.25, -0.2) is 0 Å². The lowest BCUT2D eigenvalue weighted by molar-refractivity contribution is 0.347. The Hall–Kier alpha value is -1.02. The van der Waals surface area contributed by atoms with Crippen LogP contribution in [0.2, 0.25) is 0 Å². The largest absolute Gasteiger partial charge is 0.373 e. The van der Waals surface area contributed by atoms with Crippen molar-refractivity contribution in [2.75, 3.05) is 26.7 Å². The number of nitrogens with one attached hydrogen (secondary N) is 1. The third-order valence-electron chi connectivity index (χ3n) is 2.86. The summed E-state index contributed by atoms with van der Waals surface area (Å²) >= 11 is 0. The molecule has 0 bridgehead atoms. The van der Waals surface area contributed by atoms with Crippen molar-refractivity contribution in [3.63, 3.8) is 0 Å². The molecule has 2 aliphatic carbocycles. The Labute approximate surface area is 99.7 Å². The smallest absolute Gasteiger partial charge is 0.0422 e. The fraction of sp³-hybridized carbons (Fsp3) is 0.571. The number of fused-ring (bicyclic) bond motifs is 1. The summed E-state index contributed by atoms with van der Waals surface area (Å²) in [5, 5.41) is 3.20. The maximum Gasteiger partial charge on any atom is 0.0422 e. The van der Waals surface area contributed by atoms with Crippen LogP contribution in [0.15, 0.2) is 35.6 Å². The number of allylic oxidation sites excluding steroid dienone is 4. The van der Waals surface area contributed by atoms with E-state index in [4.69, 9.17) is 0 Å². The van der Waals surface area contributed by atoms with Gasteiger partial charge in [-0.05, 0) is 25.6 Å². The van der Waals surface area contributed by atoms with Crippen LogP contribution in [-0.4, -0.2) is 31.6 Å². The minimum Gasteiger partial charge on any atom is -0.373 e. The van der Waals surface area contributed by atoms with Gasteiger partial charge in [0.25, 0.3) is 0 Å². The number of nitrogens with zero attached hydrogens (tertiary/aromatic N) is 1. The topological polar surface area (TPSA) is 15.3 Å². The SMILES string of the molecule is CC.CCN(CCNC)C1=CC=CC2=CC21. The van der Waals surface area contributed by atoms with Crippen molar-refractivity contribution in [2.24, 2.45) is 5.92 Å². The summed E-state index contributed by atoms with van der Waals surface area (Å²) in [6.45, 7) is 9.47. The number of hydrogen-bond donors (Lipinski definition) is 1. The number of hydrogen-bond acceptors (Lipinski definition) is 2. The van der Waals surface area contributed by atoms with Gasteiger partial charge in [-0.15, -0.1) is 0 Å². The summed E-state index contributed by atoms with van der Waals surface area (Å²) in [5.74, 6) is 0.636. The van der Waals surface area contributed by atoms with Gasteiger partial charge in [0.15, 0.2) is 0 Å². The molecule has 0 aromatic carbocycles. The summed E-state index contributed by atoms with van der Waals surface area (Å²) in [6, 6.07) is 0. The zero-order valence-electron chi connectivity index (χ0n) is 11.0. The predicted octanol–water partition coefficient (Wildman–Crippen LogP) is 2.56. The standard InChI is InChI=1S/C12H18N2.C2H6/c1-3-14(8-7-13-2)12-6-4-5-10-9-11(10)12;1-2/h4-6,9,11,13H,3,7-8H2,1-2H3;1-2H3. The Morgan fingerprint density at radius 1 is 1.38 bits per heavy atom. The van der Waals surface area contributed by atoms with E-state index in [2.05, 4.69) is 41.4 Å². The van der Waals surface area contributed by atoms with Gasteiger partial charge in [-0.1, -0.05) is 32.1 Å². The van der Waals surface area contributed by atoms with E-state index in [9.17, 15) is 0 Å². The van der Waals surface area contributed by atoms with Gasteiger partial charge in [0, 0.05) is 31.2 Å². The number of rotatable bonds is 5. The van der Waals surface area contributed by atoms with Crippen molar-refractivity contribution in [3.05, 3.63) is 35.6 Å². The molecular formula is C14H24N2. The van der Waals surface area contributed by atoms with E-state index in [1.165, 1.54) is 11.3 Å². The fourth-order valence-corrected chi connectivity index (χ4v) is 1.94. The average Bonchev–Trinajstić information content (AvgIpc) is 3.12. The fourth-order valence-electron chi connectivity index (χ4n) is 1.94. The molecule has 0 radical (unpaired) electrons. The second kappa shape index (κ2) is 6.54. The molecule has 0 fully saturated rings. The highest BCUT2D eigenvalue weighted by Gasteiger charge is 2.30. The Morgan fingerprint density at radius 3 is 2.75 bits per heavy atom. The Bertz CT molecular complexity index is 300. The average molecular weight is 220 g/mol. The molecule has 2 aliphatic rings. The van der Waals surface area contributed by atoms with Crippen LogP contribution in [0, 0.1) is 5.92 Å². The first-order chi connectivity index (χ1) is 7.86. The maximum absolute atomic E-state index is 3.20. The summed E-state index contributed by atoms with van der Waals surface area (Å²) in [7, 11) is 2.00.